The van der Waals surface area contributed by atoms with Crippen LogP contribution in [0.5, 0.6) is 0 Å². The fourth-order valence-electron chi connectivity index (χ4n) is 1.53. The van der Waals surface area contributed by atoms with Crippen molar-refractivity contribution in [3.8, 4) is 0 Å². The first kappa shape index (κ1) is 16.0. The van der Waals surface area contributed by atoms with E-state index in [-0.39, 0.29) is 17.6 Å². The maximum atomic E-state index is 12.0. The molecule has 19 heavy (non-hydrogen) atoms. The molecule has 0 aliphatic rings. The lowest BCUT2D eigenvalue weighted by Crippen LogP contribution is -2.36. The fraction of sp³-hybridized carbons (Fsp3) is 0.417. The van der Waals surface area contributed by atoms with Crippen molar-refractivity contribution in [1.29, 1.82) is 0 Å². The summed E-state index contributed by atoms with van der Waals surface area (Å²) in [7, 11) is 0. The molecule has 0 radical (unpaired) electrons. The molecule has 1 amide bonds. The van der Waals surface area contributed by atoms with E-state index in [0.717, 1.165) is 12.2 Å². The molecule has 1 unspecified atom stereocenters. The van der Waals surface area contributed by atoms with Crippen molar-refractivity contribution in [2.24, 2.45) is 0 Å². The van der Waals surface area contributed by atoms with Gasteiger partial charge in [0.15, 0.2) is 0 Å². The first-order chi connectivity index (χ1) is 8.99. The summed E-state index contributed by atoms with van der Waals surface area (Å²) < 4.78 is 0.366. The number of carbonyl (C=O) groups is 1. The number of benzene rings is 1. The van der Waals surface area contributed by atoms with Gasteiger partial charge in [-0.3, -0.25) is 14.9 Å². The van der Waals surface area contributed by atoms with Crippen molar-refractivity contribution < 1.29 is 9.72 Å². The van der Waals surface area contributed by atoms with Gasteiger partial charge in [0.1, 0.15) is 0 Å². The highest BCUT2D eigenvalue weighted by atomic mass is 79.9. The molecule has 1 atom stereocenters. The smallest absolute Gasteiger partial charge is 0.284 e. The molecule has 0 aliphatic carbocycles. The van der Waals surface area contributed by atoms with Gasteiger partial charge in [0.2, 0.25) is 0 Å². The zero-order valence-corrected chi connectivity index (χ0v) is 13.1. The Morgan fingerprint density at radius 1 is 1.58 bits per heavy atom. The SMILES string of the molecule is CCC(CSC)NC(=O)c1ccc(Br)c([N+](=O)[O-])c1. The molecule has 104 valence electrons. The minimum atomic E-state index is -0.514. The van der Waals surface area contributed by atoms with E-state index in [1.165, 1.54) is 12.1 Å². The Balaban J connectivity index is 2.88. The van der Waals surface area contributed by atoms with E-state index in [0.29, 0.717) is 10.0 Å². The Bertz CT molecular complexity index is 482. The van der Waals surface area contributed by atoms with Crippen LogP contribution in [0.1, 0.15) is 23.7 Å². The van der Waals surface area contributed by atoms with Crippen LogP contribution in [0.25, 0.3) is 0 Å². The second-order valence-corrected chi connectivity index (χ2v) is 5.72. The number of nitrogens with one attached hydrogen (secondary N) is 1. The lowest BCUT2D eigenvalue weighted by Gasteiger charge is -2.15. The second kappa shape index (κ2) is 7.49. The van der Waals surface area contributed by atoms with Crippen molar-refractivity contribution in [3.05, 3.63) is 38.3 Å². The average Bonchev–Trinajstić information content (AvgIpc) is 2.38. The van der Waals surface area contributed by atoms with Gasteiger partial charge in [0.05, 0.1) is 9.40 Å². The molecular weight excluding hydrogens is 332 g/mol. The number of thioether (sulfide) groups is 1. The monoisotopic (exact) mass is 346 g/mol. The molecule has 0 aliphatic heterocycles. The van der Waals surface area contributed by atoms with E-state index in [1.807, 2.05) is 13.2 Å². The molecular formula is C12H15BrN2O3S. The zero-order chi connectivity index (χ0) is 14.4. The molecule has 7 heteroatoms. The first-order valence-electron chi connectivity index (χ1n) is 5.73. The molecule has 1 aromatic carbocycles. The van der Waals surface area contributed by atoms with Crippen LogP contribution in [0.3, 0.4) is 0 Å². The zero-order valence-electron chi connectivity index (χ0n) is 10.7. The summed E-state index contributed by atoms with van der Waals surface area (Å²) in [5, 5.41) is 13.7. The number of hydrogen-bond donors (Lipinski definition) is 1. The average molecular weight is 347 g/mol. The molecule has 1 N–H and O–H groups in total. The van der Waals surface area contributed by atoms with Gasteiger partial charge in [0.25, 0.3) is 11.6 Å². The van der Waals surface area contributed by atoms with Crippen molar-refractivity contribution >= 4 is 39.3 Å². The van der Waals surface area contributed by atoms with Crippen LogP contribution >= 0.6 is 27.7 Å². The minimum absolute atomic E-state index is 0.0743. The van der Waals surface area contributed by atoms with Gasteiger partial charge in [-0.2, -0.15) is 11.8 Å². The number of nitro benzene ring substituents is 1. The predicted molar refractivity (Wildman–Crippen MR) is 80.7 cm³/mol. The van der Waals surface area contributed by atoms with Gasteiger partial charge in [-0.25, -0.2) is 0 Å². The minimum Gasteiger partial charge on any atom is -0.348 e. The Labute approximate surface area is 124 Å². The lowest BCUT2D eigenvalue weighted by atomic mass is 10.1. The van der Waals surface area contributed by atoms with E-state index in [2.05, 4.69) is 21.2 Å². The molecule has 0 aromatic heterocycles. The van der Waals surface area contributed by atoms with Crippen LogP contribution in [0.15, 0.2) is 22.7 Å². The third kappa shape index (κ3) is 4.50. The number of amides is 1. The van der Waals surface area contributed by atoms with Gasteiger partial charge in [-0.15, -0.1) is 0 Å². The number of halogens is 1. The topological polar surface area (TPSA) is 72.2 Å². The summed E-state index contributed by atoms with van der Waals surface area (Å²) in [6.07, 6.45) is 2.80. The Hall–Kier alpha value is -1.08. The summed E-state index contributed by atoms with van der Waals surface area (Å²) in [5.74, 6) is 0.539. The highest BCUT2D eigenvalue weighted by molar-refractivity contribution is 9.10. The van der Waals surface area contributed by atoms with Crippen LogP contribution in [0.4, 0.5) is 5.69 Å². The van der Waals surface area contributed by atoms with E-state index >= 15 is 0 Å². The Morgan fingerprint density at radius 2 is 2.26 bits per heavy atom. The lowest BCUT2D eigenvalue weighted by molar-refractivity contribution is -0.385. The molecule has 0 saturated carbocycles. The van der Waals surface area contributed by atoms with E-state index in [1.54, 1.807) is 17.8 Å². The van der Waals surface area contributed by atoms with Crippen LogP contribution < -0.4 is 5.32 Å². The molecule has 0 fully saturated rings. The van der Waals surface area contributed by atoms with Gasteiger partial charge in [0, 0.05) is 23.4 Å². The van der Waals surface area contributed by atoms with Crippen LogP contribution in [-0.4, -0.2) is 28.9 Å². The number of nitro groups is 1. The predicted octanol–water partition coefficient (Wildman–Crippen LogP) is 3.23. The van der Waals surface area contributed by atoms with Crippen molar-refractivity contribution in [2.45, 2.75) is 19.4 Å². The van der Waals surface area contributed by atoms with E-state index < -0.39 is 4.92 Å². The van der Waals surface area contributed by atoms with Crippen molar-refractivity contribution in [2.75, 3.05) is 12.0 Å². The molecule has 1 rings (SSSR count). The maximum absolute atomic E-state index is 12.0. The highest BCUT2D eigenvalue weighted by Gasteiger charge is 2.17. The molecule has 0 saturated heterocycles. The summed E-state index contributed by atoms with van der Waals surface area (Å²) in [4.78, 5) is 22.3. The Morgan fingerprint density at radius 3 is 2.79 bits per heavy atom. The fourth-order valence-corrected chi connectivity index (χ4v) is 2.64. The van der Waals surface area contributed by atoms with Gasteiger partial charge in [-0.05, 0) is 40.7 Å². The van der Waals surface area contributed by atoms with E-state index in [4.69, 9.17) is 0 Å². The Kier molecular flexibility index (Phi) is 6.30. The largest absolute Gasteiger partial charge is 0.348 e. The van der Waals surface area contributed by atoms with Gasteiger partial charge in [-0.1, -0.05) is 6.92 Å². The quantitative estimate of drug-likeness (QED) is 0.633. The molecule has 0 heterocycles. The van der Waals surface area contributed by atoms with Crippen LogP contribution in [0.2, 0.25) is 0 Å². The first-order valence-corrected chi connectivity index (χ1v) is 7.92. The summed E-state index contributed by atoms with van der Waals surface area (Å²) in [6, 6.07) is 4.44. The van der Waals surface area contributed by atoms with E-state index in [9.17, 15) is 14.9 Å². The molecule has 0 spiro atoms. The van der Waals surface area contributed by atoms with Gasteiger partial charge < -0.3 is 5.32 Å². The summed E-state index contributed by atoms with van der Waals surface area (Å²) in [6.45, 7) is 1.99. The molecule has 5 nitrogen and oxygen atoms in total. The standard InChI is InChI=1S/C12H15BrN2O3S/c1-3-9(7-19-2)14-12(16)8-4-5-10(13)11(6-8)15(17)18/h4-6,9H,3,7H2,1-2H3,(H,14,16). The normalized spacial score (nSPS) is 11.9. The molecule has 0 bridgehead atoms. The summed E-state index contributed by atoms with van der Waals surface area (Å²) in [5.41, 5.74) is 0.194. The third-order valence-corrected chi connectivity index (χ3v) is 4.01. The van der Waals surface area contributed by atoms with Crippen LogP contribution in [-0.2, 0) is 0 Å². The van der Waals surface area contributed by atoms with Crippen LogP contribution in [0, 0.1) is 10.1 Å². The molecule has 1 aromatic rings. The number of rotatable bonds is 6. The maximum Gasteiger partial charge on any atom is 0.284 e. The van der Waals surface area contributed by atoms with Gasteiger partial charge >= 0.3 is 0 Å². The number of nitrogens with zero attached hydrogens (tertiary/aromatic N) is 1. The van der Waals surface area contributed by atoms with Crippen molar-refractivity contribution in [3.63, 3.8) is 0 Å². The highest BCUT2D eigenvalue weighted by Crippen LogP contribution is 2.25. The number of carbonyl (C=O) groups excluding carboxylic acids is 1. The second-order valence-electron chi connectivity index (χ2n) is 3.96. The third-order valence-electron chi connectivity index (χ3n) is 2.60. The summed E-state index contributed by atoms with van der Waals surface area (Å²) >= 11 is 4.74. The van der Waals surface area contributed by atoms with Crippen molar-refractivity contribution in [1.82, 2.24) is 5.32 Å². The number of hydrogen-bond acceptors (Lipinski definition) is 4.